The Labute approximate surface area is 81.4 Å². The van der Waals surface area contributed by atoms with Gasteiger partial charge in [-0.15, -0.1) is 0 Å². The molecule has 1 N–H and O–H groups in total. The first-order valence-corrected chi connectivity index (χ1v) is 5.11. The number of ether oxygens (including phenoxy) is 1. The van der Waals surface area contributed by atoms with Gasteiger partial charge in [0.1, 0.15) is 0 Å². The molecule has 1 rings (SSSR count). The molecule has 1 heterocycles. The molecular weight excluding hydrogens is 164 g/mol. The highest BCUT2D eigenvalue weighted by atomic mass is 16.5. The van der Waals surface area contributed by atoms with Gasteiger partial charge in [0.2, 0.25) is 0 Å². The lowest BCUT2D eigenvalue weighted by atomic mass is 9.88. The topological polar surface area (TPSA) is 24.5 Å². The summed E-state index contributed by atoms with van der Waals surface area (Å²) in [4.78, 5) is 2.37. The van der Waals surface area contributed by atoms with Gasteiger partial charge in [-0.3, -0.25) is 0 Å². The molecule has 0 unspecified atom stereocenters. The van der Waals surface area contributed by atoms with Crippen LogP contribution in [0.5, 0.6) is 0 Å². The fourth-order valence-corrected chi connectivity index (χ4v) is 1.94. The second-order valence-electron chi connectivity index (χ2n) is 4.04. The van der Waals surface area contributed by atoms with Crippen LogP contribution in [0.2, 0.25) is 0 Å². The molecule has 0 aliphatic carbocycles. The van der Waals surface area contributed by atoms with E-state index in [1.165, 1.54) is 12.8 Å². The molecule has 0 atom stereocenters. The van der Waals surface area contributed by atoms with Gasteiger partial charge in [-0.25, -0.2) is 0 Å². The molecule has 0 spiro atoms. The Bertz CT molecular complexity index is 136. The van der Waals surface area contributed by atoms with E-state index in [1.807, 2.05) is 14.2 Å². The molecule has 78 valence electrons. The summed E-state index contributed by atoms with van der Waals surface area (Å²) in [6, 6.07) is 0. The highest BCUT2D eigenvalue weighted by molar-refractivity contribution is 4.86. The second kappa shape index (κ2) is 4.94. The van der Waals surface area contributed by atoms with Crippen LogP contribution in [0.15, 0.2) is 0 Å². The van der Waals surface area contributed by atoms with E-state index in [1.54, 1.807) is 0 Å². The molecule has 0 aromatic heterocycles. The number of nitrogens with one attached hydrogen (secondary N) is 1. The number of likely N-dealkylation sites (tertiary alicyclic amines) is 1. The molecule has 0 aromatic carbocycles. The van der Waals surface area contributed by atoms with Gasteiger partial charge in [0.05, 0.1) is 5.60 Å². The van der Waals surface area contributed by atoms with Gasteiger partial charge in [-0.1, -0.05) is 0 Å². The van der Waals surface area contributed by atoms with E-state index in [-0.39, 0.29) is 5.60 Å². The van der Waals surface area contributed by atoms with Crippen molar-refractivity contribution in [3.05, 3.63) is 0 Å². The lowest BCUT2D eigenvalue weighted by Gasteiger charge is -2.39. The monoisotopic (exact) mass is 186 g/mol. The third kappa shape index (κ3) is 2.93. The van der Waals surface area contributed by atoms with E-state index < -0.39 is 0 Å². The maximum atomic E-state index is 5.66. The lowest BCUT2D eigenvalue weighted by molar-refractivity contribution is -0.0580. The van der Waals surface area contributed by atoms with Gasteiger partial charge in [-0.2, -0.15) is 0 Å². The fraction of sp³-hybridized carbons (Fsp3) is 1.00. The molecule has 0 bridgehead atoms. The van der Waals surface area contributed by atoms with Crippen molar-refractivity contribution in [1.82, 2.24) is 10.2 Å². The van der Waals surface area contributed by atoms with E-state index in [4.69, 9.17) is 4.74 Å². The number of rotatable bonds is 4. The average molecular weight is 186 g/mol. The minimum Gasteiger partial charge on any atom is -0.378 e. The molecule has 1 fully saturated rings. The summed E-state index contributed by atoms with van der Waals surface area (Å²) in [6.45, 7) is 3.38. The molecule has 13 heavy (non-hydrogen) atoms. The molecule has 3 heteroatoms. The molecule has 1 aliphatic heterocycles. The number of hydrogen-bond donors (Lipinski definition) is 1. The molecule has 3 nitrogen and oxygen atoms in total. The fourth-order valence-electron chi connectivity index (χ4n) is 1.94. The molecule has 1 saturated heterocycles. The zero-order valence-corrected chi connectivity index (χ0v) is 9.10. The van der Waals surface area contributed by atoms with Crippen LogP contribution >= 0.6 is 0 Å². The zero-order chi connectivity index (χ0) is 9.73. The molecular formula is C10H22N2O. The Morgan fingerprint density at radius 3 is 2.46 bits per heavy atom. The minimum absolute atomic E-state index is 0.148. The van der Waals surface area contributed by atoms with Crippen molar-refractivity contribution in [3.63, 3.8) is 0 Å². The van der Waals surface area contributed by atoms with Crippen molar-refractivity contribution in [3.8, 4) is 0 Å². The van der Waals surface area contributed by atoms with Crippen LogP contribution < -0.4 is 5.32 Å². The van der Waals surface area contributed by atoms with E-state index in [0.29, 0.717) is 0 Å². The van der Waals surface area contributed by atoms with Crippen molar-refractivity contribution in [2.45, 2.75) is 24.9 Å². The van der Waals surface area contributed by atoms with Crippen molar-refractivity contribution in [2.75, 3.05) is 40.8 Å². The average Bonchev–Trinajstić information content (AvgIpc) is 2.18. The first-order chi connectivity index (χ1) is 6.22. The number of piperidine rings is 1. The van der Waals surface area contributed by atoms with Gasteiger partial charge in [0.15, 0.2) is 0 Å². The van der Waals surface area contributed by atoms with E-state index >= 15 is 0 Å². The maximum absolute atomic E-state index is 5.66. The standard InChI is InChI=1S/C10H22N2O/c1-11-7-4-10(13-3)5-8-12(2)9-6-10/h11H,4-9H2,1-3H3. The first-order valence-electron chi connectivity index (χ1n) is 5.11. The summed E-state index contributed by atoms with van der Waals surface area (Å²) < 4.78 is 5.66. The van der Waals surface area contributed by atoms with Crippen LogP contribution in [-0.4, -0.2) is 51.3 Å². The Hall–Kier alpha value is -0.120. The Kier molecular flexibility index (Phi) is 4.16. The van der Waals surface area contributed by atoms with Crippen molar-refractivity contribution >= 4 is 0 Å². The van der Waals surface area contributed by atoms with Crippen LogP contribution in [-0.2, 0) is 4.74 Å². The third-order valence-electron chi connectivity index (χ3n) is 3.16. The van der Waals surface area contributed by atoms with Crippen LogP contribution in [0.1, 0.15) is 19.3 Å². The Morgan fingerprint density at radius 1 is 1.38 bits per heavy atom. The molecule has 0 radical (unpaired) electrons. The minimum atomic E-state index is 0.148. The summed E-state index contributed by atoms with van der Waals surface area (Å²) in [7, 11) is 6.02. The zero-order valence-electron chi connectivity index (χ0n) is 9.10. The highest BCUT2D eigenvalue weighted by Gasteiger charge is 2.32. The van der Waals surface area contributed by atoms with Crippen LogP contribution in [0.4, 0.5) is 0 Å². The van der Waals surface area contributed by atoms with Crippen LogP contribution in [0, 0.1) is 0 Å². The predicted octanol–water partition coefficient (Wildman–Crippen LogP) is 0.707. The van der Waals surface area contributed by atoms with Gasteiger partial charge in [0.25, 0.3) is 0 Å². The van der Waals surface area contributed by atoms with Crippen molar-refractivity contribution in [1.29, 1.82) is 0 Å². The predicted molar refractivity (Wildman–Crippen MR) is 55.0 cm³/mol. The smallest absolute Gasteiger partial charge is 0.0715 e. The summed E-state index contributed by atoms with van der Waals surface area (Å²) in [5.74, 6) is 0. The maximum Gasteiger partial charge on any atom is 0.0715 e. The number of hydrogen-bond acceptors (Lipinski definition) is 3. The molecule has 1 aliphatic rings. The normalized spacial score (nSPS) is 23.3. The number of methoxy groups -OCH3 is 1. The van der Waals surface area contributed by atoms with E-state index in [9.17, 15) is 0 Å². The summed E-state index contributed by atoms with van der Waals surface area (Å²) in [5, 5.41) is 3.19. The van der Waals surface area contributed by atoms with Gasteiger partial charge >= 0.3 is 0 Å². The molecule has 0 aromatic rings. The van der Waals surface area contributed by atoms with Gasteiger partial charge in [-0.05, 0) is 39.9 Å². The summed E-state index contributed by atoms with van der Waals surface area (Å²) in [6.07, 6.45) is 3.47. The first kappa shape index (κ1) is 11.0. The Morgan fingerprint density at radius 2 is 2.00 bits per heavy atom. The Balaban J connectivity index is 2.40. The van der Waals surface area contributed by atoms with Crippen LogP contribution in [0.3, 0.4) is 0 Å². The highest BCUT2D eigenvalue weighted by Crippen LogP contribution is 2.28. The lowest BCUT2D eigenvalue weighted by Crippen LogP contribution is -2.45. The second-order valence-corrected chi connectivity index (χ2v) is 4.04. The SMILES string of the molecule is CNCCC1(OC)CCN(C)CC1. The third-order valence-corrected chi connectivity index (χ3v) is 3.16. The summed E-state index contributed by atoms with van der Waals surface area (Å²) >= 11 is 0. The van der Waals surface area contributed by atoms with Crippen LogP contribution in [0.25, 0.3) is 0 Å². The van der Waals surface area contributed by atoms with E-state index in [2.05, 4.69) is 17.3 Å². The van der Waals surface area contributed by atoms with Crippen molar-refractivity contribution < 1.29 is 4.74 Å². The van der Waals surface area contributed by atoms with Crippen molar-refractivity contribution in [2.24, 2.45) is 0 Å². The van der Waals surface area contributed by atoms with Gasteiger partial charge < -0.3 is 15.0 Å². The molecule has 0 amide bonds. The largest absolute Gasteiger partial charge is 0.378 e. The number of nitrogens with zero attached hydrogens (tertiary/aromatic N) is 1. The quantitative estimate of drug-likeness (QED) is 0.699. The van der Waals surface area contributed by atoms with Gasteiger partial charge in [0, 0.05) is 20.2 Å². The van der Waals surface area contributed by atoms with E-state index in [0.717, 1.165) is 26.1 Å². The molecule has 0 saturated carbocycles. The summed E-state index contributed by atoms with van der Waals surface area (Å²) in [5.41, 5.74) is 0.148.